The molecule has 156 valence electrons. The van der Waals surface area contributed by atoms with Crippen molar-refractivity contribution >= 4 is 58.5 Å². The van der Waals surface area contributed by atoms with Gasteiger partial charge in [-0.15, -0.1) is 0 Å². The third-order valence-electron chi connectivity index (χ3n) is 4.12. The van der Waals surface area contributed by atoms with Gasteiger partial charge in [-0.05, 0) is 25.1 Å². The fraction of sp³-hybridized carbons (Fsp3) is 0.444. The number of carbonyl (C=O) groups excluding carboxylic acids is 1. The molecule has 1 unspecified atom stereocenters. The first-order valence-corrected chi connectivity index (χ1v) is 10.7. The molecule has 2 aromatic rings. The van der Waals surface area contributed by atoms with Crippen molar-refractivity contribution in [1.82, 2.24) is 15.0 Å². The largest absolute Gasteiger partial charge is 0.378 e. The molecule has 0 saturated carbocycles. The number of carbonyl (C=O) groups is 1. The van der Waals surface area contributed by atoms with E-state index in [1.165, 1.54) is 11.8 Å². The molecule has 0 aliphatic carbocycles. The minimum absolute atomic E-state index is 0.187. The molecule has 1 N–H and O–H groups in total. The predicted octanol–water partition coefficient (Wildman–Crippen LogP) is 3.20. The van der Waals surface area contributed by atoms with Crippen LogP contribution in [0.3, 0.4) is 0 Å². The molecule has 1 aliphatic heterocycles. The van der Waals surface area contributed by atoms with Gasteiger partial charge in [0.1, 0.15) is 0 Å². The van der Waals surface area contributed by atoms with Gasteiger partial charge in [-0.25, -0.2) is 0 Å². The molecule has 1 amide bonds. The van der Waals surface area contributed by atoms with E-state index >= 15 is 0 Å². The van der Waals surface area contributed by atoms with Gasteiger partial charge >= 0.3 is 0 Å². The van der Waals surface area contributed by atoms with Gasteiger partial charge in [0.25, 0.3) is 0 Å². The maximum Gasteiger partial charge on any atom is 0.237 e. The SMILES string of the molecule is CC(Sc1nc(N(C)C)nc(N2CCOCC2)n1)C(=O)Nc1ccc(Cl)c(Cl)c1. The first-order chi connectivity index (χ1) is 13.8. The third-order valence-corrected chi connectivity index (χ3v) is 5.82. The van der Waals surface area contributed by atoms with Crippen LogP contribution in [-0.4, -0.2) is 66.5 Å². The van der Waals surface area contributed by atoms with Gasteiger partial charge in [0.2, 0.25) is 17.8 Å². The van der Waals surface area contributed by atoms with E-state index in [0.717, 1.165) is 0 Å². The molecule has 29 heavy (non-hydrogen) atoms. The summed E-state index contributed by atoms with van der Waals surface area (Å²) in [5.41, 5.74) is 0.579. The van der Waals surface area contributed by atoms with E-state index in [-0.39, 0.29) is 5.91 Å². The topological polar surface area (TPSA) is 83.5 Å². The Morgan fingerprint density at radius 2 is 1.93 bits per heavy atom. The van der Waals surface area contributed by atoms with Gasteiger partial charge in [-0.2, -0.15) is 15.0 Å². The van der Waals surface area contributed by atoms with E-state index in [2.05, 4.69) is 25.2 Å². The van der Waals surface area contributed by atoms with Crippen LogP contribution in [0.25, 0.3) is 0 Å². The summed E-state index contributed by atoms with van der Waals surface area (Å²) in [5, 5.41) is 3.71. The first kappa shape index (κ1) is 21.9. The predicted molar refractivity (Wildman–Crippen MR) is 118 cm³/mol. The van der Waals surface area contributed by atoms with E-state index in [9.17, 15) is 4.79 Å². The van der Waals surface area contributed by atoms with Gasteiger partial charge < -0.3 is 19.9 Å². The summed E-state index contributed by atoms with van der Waals surface area (Å²) < 4.78 is 5.40. The number of nitrogens with zero attached hydrogens (tertiary/aromatic N) is 5. The zero-order chi connectivity index (χ0) is 21.0. The van der Waals surface area contributed by atoms with Gasteiger partial charge in [-0.1, -0.05) is 35.0 Å². The van der Waals surface area contributed by atoms with E-state index in [4.69, 9.17) is 27.9 Å². The van der Waals surface area contributed by atoms with E-state index in [1.807, 2.05) is 19.0 Å². The number of hydrogen-bond acceptors (Lipinski definition) is 8. The lowest BCUT2D eigenvalue weighted by molar-refractivity contribution is -0.115. The number of hydrogen-bond donors (Lipinski definition) is 1. The highest BCUT2D eigenvalue weighted by atomic mass is 35.5. The number of rotatable bonds is 6. The number of morpholine rings is 1. The molecule has 1 saturated heterocycles. The highest BCUT2D eigenvalue weighted by molar-refractivity contribution is 8.00. The van der Waals surface area contributed by atoms with Crippen molar-refractivity contribution < 1.29 is 9.53 Å². The molecular formula is C18H22Cl2N6O2S. The lowest BCUT2D eigenvalue weighted by Crippen LogP contribution is -2.37. The monoisotopic (exact) mass is 456 g/mol. The number of nitrogens with one attached hydrogen (secondary N) is 1. The van der Waals surface area contributed by atoms with Crippen LogP contribution in [0.1, 0.15) is 6.92 Å². The van der Waals surface area contributed by atoms with E-state index in [1.54, 1.807) is 25.1 Å². The molecular weight excluding hydrogens is 435 g/mol. The van der Waals surface area contributed by atoms with Crippen LogP contribution in [-0.2, 0) is 9.53 Å². The molecule has 0 bridgehead atoms. The van der Waals surface area contributed by atoms with Crippen LogP contribution in [0.4, 0.5) is 17.6 Å². The Labute approximate surface area is 184 Å². The Bertz CT molecular complexity index is 879. The lowest BCUT2D eigenvalue weighted by atomic mass is 10.3. The second kappa shape index (κ2) is 9.80. The molecule has 1 aliphatic rings. The summed E-state index contributed by atoms with van der Waals surface area (Å²) in [6, 6.07) is 4.96. The van der Waals surface area contributed by atoms with Crippen molar-refractivity contribution in [3.63, 3.8) is 0 Å². The van der Waals surface area contributed by atoms with Crippen LogP contribution in [0.5, 0.6) is 0 Å². The molecule has 0 spiro atoms. The fourth-order valence-corrected chi connectivity index (χ4v) is 3.57. The smallest absolute Gasteiger partial charge is 0.237 e. The summed E-state index contributed by atoms with van der Waals surface area (Å²) in [6.07, 6.45) is 0. The number of amides is 1. The van der Waals surface area contributed by atoms with Crippen LogP contribution < -0.4 is 15.1 Å². The van der Waals surface area contributed by atoms with Gasteiger partial charge in [0.15, 0.2) is 5.16 Å². The van der Waals surface area contributed by atoms with E-state index < -0.39 is 5.25 Å². The molecule has 11 heteroatoms. The molecule has 0 radical (unpaired) electrons. The summed E-state index contributed by atoms with van der Waals surface area (Å²) in [6.45, 7) is 4.50. The molecule has 8 nitrogen and oxygen atoms in total. The summed E-state index contributed by atoms with van der Waals surface area (Å²) >= 11 is 13.2. The minimum atomic E-state index is -0.431. The molecule has 1 aromatic heterocycles. The van der Waals surface area contributed by atoms with Crippen LogP contribution in [0.15, 0.2) is 23.4 Å². The van der Waals surface area contributed by atoms with Gasteiger partial charge in [0, 0.05) is 32.9 Å². The van der Waals surface area contributed by atoms with Crippen molar-refractivity contribution in [3.05, 3.63) is 28.2 Å². The van der Waals surface area contributed by atoms with Crippen molar-refractivity contribution in [2.75, 3.05) is 55.5 Å². The Morgan fingerprint density at radius 1 is 1.21 bits per heavy atom. The second-order valence-corrected chi connectivity index (χ2v) is 8.71. The number of aromatic nitrogens is 3. The fourth-order valence-electron chi connectivity index (χ4n) is 2.52. The van der Waals surface area contributed by atoms with Crippen LogP contribution >= 0.6 is 35.0 Å². The first-order valence-electron chi connectivity index (χ1n) is 9.02. The minimum Gasteiger partial charge on any atom is -0.378 e. The summed E-state index contributed by atoms with van der Waals surface area (Å²) in [5.74, 6) is 0.945. The Balaban J connectivity index is 1.73. The zero-order valence-electron chi connectivity index (χ0n) is 16.4. The van der Waals surface area contributed by atoms with Crippen molar-refractivity contribution in [2.24, 2.45) is 0 Å². The normalized spacial score (nSPS) is 15.1. The summed E-state index contributed by atoms with van der Waals surface area (Å²) in [7, 11) is 3.74. The Morgan fingerprint density at radius 3 is 2.59 bits per heavy atom. The summed E-state index contributed by atoms with van der Waals surface area (Å²) in [4.78, 5) is 30.0. The highest BCUT2D eigenvalue weighted by Gasteiger charge is 2.21. The maximum atomic E-state index is 12.6. The number of ether oxygens (including phenoxy) is 1. The van der Waals surface area contributed by atoms with Gasteiger partial charge in [0.05, 0.1) is 28.5 Å². The maximum absolute atomic E-state index is 12.6. The molecule has 1 fully saturated rings. The molecule has 2 heterocycles. The number of thioether (sulfide) groups is 1. The average molecular weight is 457 g/mol. The number of benzene rings is 1. The third kappa shape index (κ3) is 5.85. The standard InChI is InChI=1S/C18H22Cl2N6O2S/c1-11(15(27)21-12-4-5-13(19)14(20)10-12)29-18-23-16(25(2)3)22-17(24-18)26-6-8-28-9-7-26/h4-5,10-11H,6-9H2,1-3H3,(H,21,27). The quantitative estimate of drug-likeness (QED) is 0.663. The van der Waals surface area contributed by atoms with E-state index in [0.29, 0.717) is 59.1 Å². The highest BCUT2D eigenvalue weighted by Crippen LogP contribution is 2.27. The Hall–Kier alpha value is -1.81. The second-order valence-electron chi connectivity index (χ2n) is 6.59. The average Bonchev–Trinajstić information content (AvgIpc) is 2.71. The number of halogens is 2. The molecule has 3 rings (SSSR count). The van der Waals surface area contributed by atoms with Crippen LogP contribution in [0.2, 0.25) is 10.0 Å². The van der Waals surface area contributed by atoms with Crippen molar-refractivity contribution in [2.45, 2.75) is 17.3 Å². The number of anilines is 3. The van der Waals surface area contributed by atoms with Crippen molar-refractivity contribution in [1.29, 1.82) is 0 Å². The molecule has 1 aromatic carbocycles. The van der Waals surface area contributed by atoms with Gasteiger partial charge in [-0.3, -0.25) is 4.79 Å². The van der Waals surface area contributed by atoms with Crippen LogP contribution in [0, 0.1) is 0 Å². The zero-order valence-corrected chi connectivity index (χ0v) is 18.7. The lowest BCUT2D eigenvalue weighted by Gasteiger charge is -2.27. The molecule has 1 atom stereocenters. The Kier molecular flexibility index (Phi) is 7.39. The van der Waals surface area contributed by atoms with Crippen molar-refractivity contribution in [3.8, 4) is 0 Å².